The lowest BCUT2D eigenvalue weighted by Crippen LogP contribution is -1.89. The van der Waals surface area contributed by atoms with Crippen LogP contribution in [0.5, 0.6) is 5.75 Å². The van der Waals surface area contributed by atoms with Gasteiger partial charge in [0, 0.05) is 5.75 Å². The van der Waals surface area contributed by atoms with Gasteiger partial charge in [-0.05, 0) is 42.7 Å². The highest BCUT2D eigenvalue weighted by Crippen LogP contribution is 2.25. The number of benzene rings is 1. The van der Waals surface area contributed by atoms with Crippen LogP contribution in [0.2, 0.25) is 0 Å². The topological polar surface area (TPSA) is 20.2 Å². The van der Waals surface area contributed by atoms with Gasteiger partial charge >= 0.3 is 0 Å². The van der Waals surface area contributed by atoms with Gasteiger partial charge in [0.15, 0.2) is 0 Å². The molecule has 0 aromatic heterocycles. The van der Waals surface area contributed by atoms with Crippen molar-refractivity contribution in [3.05, 3.63) is 28.8 Å². The van der Waals surface area contributed by atoms with Gasteiger partial charge in [0.05, 0.1) is 0 Å². The lowest BCUT2D eigenvalue weighted by molar-refractivity contribution is 0.466. The molecule has 108 valence electrons. The van der Waals surface area contributed by atoms with E-state index in [1.807, 2.05) is 25.6 Å². The van der Waals surface area contributed by atoms with Crippen LogP contribution < -0.4 is 0 Å². The van der Waals surface area contributed by atoms with Crippen LogP contribution in [0.3, 0.4) is 0 Å². The Morgan fingerprint density at radius 2 is 1.53 bits per heavy atom. The first-order valence-corrected chi connectivity index (χ1v) is 8.67. The molecule has 0 atom stereocenters. The van der Waals surface area contributed by atoms with Crippen LogP contribution in [0.1, 0.15) is 62.1 Å². The van der Waals surface area contributed by atoms with E-state index in [2.05, 4.69) is 19.1 Å². The molecule has 0 fully saturated rings. The first kappa shape index (κ1) is 16.4. The second-order valence-electron chi connectivity index (χ2n) is 5.40. The third-order valence-electron chi connectivity index (χ3n) is 3.46. The van der Waals surface area contributed by atoms with Crippen molar-refractivity contribution in [2.75, 3.05) is 5.75 Å². The highest BCUT2D eigenvalue weighted by atomic mass is 32.2. The lowest BCUT2D eigenvalue weighted by atomic mass is 10.1. The van der Waals surface area contributed by atoms with Crippen molar-refractivity contribution < 1.29 is 5.11 Å². The maximum Gasteiger partial charge on any atom is 0.121 e. The maximum atomic E-state index is 9.74. The molecule has 0 saturated heterocycles. The number of aryl methyl sites for hydroxylation is 2. The fourth-order valence-corrected chi connectivity index (χ4v) is 3.26. The molecule has 0 unspecified atom stereocenters. The van der Waals surface area contributed by atoms with Crippen molar-refractivity contribution in [3.63, 3.8) is 0 Å². The highest BCUT2D eigenvalue weighted by molar-refractivity contribution is 7.98. The summed E-state index contributed by atoms with van der Waals surface area (Å²) in [5.74, 6) is 2.77. The van der Waals surface area contributed by atoms with Crippen LogP contribution >= 0.6 is 11.8 Å². The summed E-state index contributed by atoms with van der Waals surface area (Å²) in [6.07, 6.45) is 8.22. The minimum absolute atomic E-state index is 0.449. The molecule has 0 saturated carbocycles. The third-order valence-corrected chi connectivity index (χ3v) is 4.58. The lowest BCUT2D eigenvalue weighted by Gasteiger charge is -2.08. The number of aromatic hydroxyl groups is 1. The zero-order valence-corrected chi connectivity index (χ0v) is 13.5. The van der Waals surface area contributed by atoms with Gasteiger partial charge < -0.3 is 5.11 Å². The minimum atomic E-state index is 0.449. The number of rotatable bonds is 9. The van der Waals surface area contributed by atoms with Crippen molar-refractivity contribution in [2.24, 2.45) is 0 Å². The van der Waals surface area contributed by atoms with Crippen LogP contribution in [0.25, 0.3) is 0 Å². The van der Waals surface area contributed by atoms with E-state index in [0.29, 0.717) is 5.75 Å². The Hall–Kier alpha value is -0.630. The van der Waals surface area contributed by atoms with Gasteiger partial charge in [0.2, 0.25) is 0 Å². The molecule has 1 nitrogen and oxygen atoms in total. The average Bonchev–Trinajstić information content (AvgIpc) is 2.39. The predicted molar refractivity (Wildman–Crippen MR) is 87.1 cm³/mol. The van der Waals surface area contributed by atoms with Gasteiger partial charge in [0.25, 0.3) is 0 Å². The van der Waals surface area contributed by atoms with E-state index in [-0.39, 0.29) is 0 Å². The summed E-state index contributed by atoms with van der Waals surface area (Å²) >= 11 is 2.01. The number of hydrogen-bond acceptors (Lipinski definition) is 2. The van der Waals surface area contributed by atoms with Gasteiger partial charge in [0.1, 0.15) is 5.75 Å². The minimum Gasteiger partial charge on any atom is -0.507 e. The van der Waals surface area contributed by atoms with Gasteiger partial charge in [-0.15, -0.1) is 0 Å². The molecular formula is C17H28OS. The molecule has 0 amide bonds. The monoisotopic (exact) mass is 280 g/mol. The van der Waals surface area contributed by atoms with E-state index < -0.39 is 0 Å². The highest BCUT2D eigenvalue weighted by Gasteiger charge is 2.03. The van der Waals surface area contributed by atoms with Crippen LogP contribution in [-0.2, 0) is 5.75 Å². The number of thioether (sulfide) groups is 1. The molecule has 0 bridgehead atoms. The average molecular weight is 280 g/mol. The molecule has 0 radical (unpaired) electrons. The fraction of sp³-hybridized carbons (Fsp3) is 0.647. The van der Waals surface area contributed by atoms with Crippen molar-refractivity contribution in [2.45, 2.75) is 65.0 Å². The quantitative estimate of drug-likeness (QED) is 0.594. The molecule has 0 heterocycles. The number of hydrogen-bond donors (Lipinski definition) is 1. The van der Waals surface area contributed by atoms with Crippen LogP contribution in [-0.4, -0.2) is 10.9 Å². The smallest absolute Gasteiger partial charge is 0.121 e. The molecule has 1 aromatic rings. The summed E-state index contributed by atoms with van der Waals surface area (Å²) < 4.78 is 0. The van der Waals surface area contributed by atoms with Crippen molar-refractivity contribution in [1.29, 1.82) is 0 Å². The zero-order chi connectivity index (χ0) is 14.1. The predicted octanol–water partition coefficient (Wildman–Crippen LogP) is 5.60. The van der Waals surface area contributed by atoms with Crippen molar-refractivity contribution >= 4 is 11.8 Å². The molecule has 1 rings (SSSR count). The van der Waals surface area contributed by atoms with Crippen molar-refractivity contribution in [1.82, 2.24) is 0 Å². The number of phenolic OH excluding ortho intramolecular Hbond substituents is 1. The van der Waals surface area contributed by atoms with E-state index >= 15 is 0 Å². The second-order valence-corrected chi connectivity index (χ2v) is 6.50. The summed E-state index contributed by atoms with van der Waals surface area (Å²) in [5.41, 5.74) is 3.33. The first-order valence-electron chi connectivity index (χ1n) is 7.52. The van der Waals surface area contributed by atoms with Crippen LogP contribution in [0, 0.1) is 13.8 Å². The van der Waals surface area contributed by atoms with E-state index in [4.69, 9.17) is 0 Å². The number of phenols is 1. The Bertz CT molecular complexity index is 351. The molecule has 1 aromatic carbocycles. The van der Waals surface area contributed by atoms with E-state index in [9.17, 15) is 5.11 Å². The number of unbranched alkanes of at least 4 members (excludes halogenated alkanes) is 5. The molecule has 0 aliphatic rings. The molecule has 1 N–H and O–H groups in total. The maximum absolute atomic E-state index is 9.74. The summed E-state index contributed by atoms with van der Waals surface area (Å²) in [6, 6.07) is 4.22. The normalized spacial score (nSPS) is 10.9. The molecule has 19 heavy (non-hydrogen) atoms. The Labute approximate surface area is 122 Å². The Balaban J connectivity index is 2.16. The van der Waals surface area contributed by atoms with Crippen LogP contribution in [0.15, 0.2) is 12.1 Å². The van der Waals surface area contributed by atoms with E-state index in [0.717, 1.165) is 16.9 Å². The SMILES string of the molecule is CCCCCCCCSCc1cc(C)c(O)c(C)c1. The Morgan fingerprint density at radius 3 is 2.16 bits per heavy atom. The van der Waals surface area contributed by atoms with Gasteiger partial charge in [-0.1, -0.05) is 51.2 Å². The van der Waals surface area contributed by atoms with E-state index in [1.54, 1.807) is 0 Å². The summed E-state index contributed by atoms with van der Waals surface area (Å²) in [4.78, 5) is 0. The van der Waals surface area contributed by atoms with Gasteiger partial charge in [-0.3, -0.25) is 0 Å². The largest absolute Gasteiger partial charge is 0.507 e. The summed E-state index contributed by atoms with van der Waals surface area (Å²) in [6.45, 7) is 6.21. The molecule has 0 aliphatic heterocycles. The van der Waals surface area contributed by atoms with E-state index in [1.165, 1.54) is 49.8 Å². The molecule has 2 heteroatoms. The fourth-order valence-electron chi connectivity index (χ4n) is 2.30. The summed E-state index contributed by atoms with van der Waals surface area (Å²) in [7, 11) is 0. The third kappa shape index (κ3) is 6.38. The Kier molecular flexibility index (Phi) is 8.04. The molecular weight excluding hydrogens is 252 g/mol. The molecule has 0 aliphatic carbocycles. The second kappa shape index (κ2) is 9.30. The Morgan fingerprint density at radius 1 is 0.947 bits per heavy atom. The van der Waals surface area contributed by atoms with Gasteiger partial charge in [-0.2, -0.15) is 11.8 Å². The molecule has 0 spiro atoms. The van der Waals surface area contributed by atoms with Gasteiger partial charge in [-0.25, -0.2) is 0 Å². The van der Waals surface area contributed by atoms with Crippen LogP contribution in [0.4, 0.5) is 0 Å². The van der Waals surface area contributed by atoms with Crippen molar-refractivity contribution in [3.8, 4) is 5.75 Å². The zero-order valence-electron chi connectivity index (χ0n) is 12.7. The summed E-state index contributed by atoms with van der Waals surface area (Å²) in [5, 5.41) is 9.74. The first-order chi connectivity index (χ1) is 9.15. The standard InChI is InChI=1S/C17H28OS/c1-4-5-6-7-8-9-10-19-13-16-11-14(2)17(18)15(3)12-16/h11-12,18H,4-10,13H2,1-3H3.